The SMILES string of the molecule is C=C(C(N)=O)n1cnnn1. The summed E-state index contributed by atoms with van der Waals surface area (Å²) in [6, 6.07) is 0. The van der Waals surface area contributed by atoms with Crippen molar-refractivity contribution < 1.29 is 4.79 Å². The summed E-state index contributed by atoms with van der Waals surface area (Å²) in [6.07, 6.45) is 1.24. The highest BCUT2D eigenvalue weighted by atomic mass is 16.1. The molecule has 6 heteroatoms. The topological polar surface area (TPSA) is 86.7 Å². The first-order chi connectivity index (χ1) is 4.72. The summed E-state index contributed by atoms with van der Waals surface area (Å²) in [5, 5.41) is 9.97. The Balaban J connectivity index is 2.88. The molecule has 0 aliphatic heterocycles. The summed E-state index contributed by atoms with van der Waals surface area (Å²) in [5.74, 6) is -0.646. The summed E-state index contributed by atoms with van der Waals surface area (Å²) >= 11 is 0. The lowest BCUT2D eigenvalue weighted by molar-refractivity contribution is -0.113. The normalized spacial score (nSPS) is 9.20. The Labute approximate surface area is 56.3 Å². The quantitative estimate of drug-likeness (QED) is 0.512. The molecule has 0 saturated carbocycles. The number of primary amides is 1. The lowest BCUT2D eigenvalue weighted by atomic mass is 10.5. The second-order valence-corrected chi connectivity index (χ2v) is 1.57. The van der Waals surface area contributed by atoms with Crippen molar-refractivity contribution in [1.29, 1.82) is 0 Å². The van der Waals surface area contributed by atoms with Crippen molar-refractivity contribution in [3.63, 3.8) is 0 Å². The zero-order valence-corrected chi connectivity index (χ0v) is 5.06. The molecule has 0 aliphatic carbocycles. The molecule has 0 fully saturated rings. The van der Waals surface area contributed by atoms with Crippen molar-refractivity contribution in [3.05, 3.63) is 12.9 Å². The third kappa shape index (κ3) is 0.993. The smallest absolute Gasteiger partial charge is 0.266 e. The van der Waals surface area contributed by atoms with Crippen LogP contribution >= 0.6 is 0 Å². The maximum Gasteiger partial charge on any atom is 0.266 e. The molecule has 1 rings (SSSR count). The molecule has 0 unspecified atom stereocenters. The second-order valence-electron chi connectivity index (χ2n) is 1.57. The van der Waals surface area contributed by atoms with Crippen LogP contribution in [0.3, 0.4) is 0 Å². The van der Waals surface area contributed by atoms with Gasteiger partial charge in [-0.25, -0.2) is 0 Å². The molecule has 0 bridgehead atoms. The Morgan fingerprint density at radius 1 is 1.70 bits per heavy atom. The molecule has 0 saturated heterocycles. The number of hydrogen-bond donors (Lipinski definition) is 1. The van der Waals surface area contributed by atoms with Crippen LogP contribution < -0.4 is 5.73 Å². The standard InChI is InChI=1S/C4H5N5O/c1-3(4(5)10)9-2-6-7-8-9/h2H,1H2,(H2,5,10). The van der Waals surface area contributed by atoms with Gasteiger partial charge in [0.25, 0.3) is 5.91 Å². The summed E-state index contributed by atoms with van der Waals surface area (Å²) in [4.78, 5) is 10.4. The molecule has 0 atom stereocenters. The molecule has 1 aromatic heterocycles. The van der Waals surface area contributed by atoms with Gasteiger partial charge in [0.2, 0.25) is 0 Å². The fraction of sp³-hybridized carbons (Fsp3) is 0. The van der Waals surface area contributed by atoms with Crippen LogP contribution in [0.4, 0.5) is 0 Å². The van der Waals surface area contributed by atoms with Gasteiger partial charge in [-0.15, -0.1) is 5.10 Å². The molecular weight excluding hydrogens is 134 g/mol. The van der Waals surface area contributed by atoms with Gasteiger partial charge < -0.3 is 5.73 Å². The van der Waals surface area contributed by atoms with Crippen molar-refractivity contribution >= 4 is 11.6 Å². The summed E-state index contributed by atoms with van der Waals surface area (Å²) < 4.78 is 1.10. The largest absolute Gasteiger partial charge is 0.364 e. The van der Waals surface area contributed by atoms with E-state index in [1.54, 1.807) is 0 Å². The van der Waals surface area contributed by atoms with Crippen molar-refractivity contribution in [2.24, 2.45) is 5.73 Å². The number of amides is 1. The summed E-state index contributed by atoms with van der Waals surface area (Å²) in [5.41, 5.74) is 4.92. The summed E-state index contributed by atoms with van der Waals surface area (Å²) in [6.45, 7) is 3.34. The van der Waals surface area contributed by atoms with E-state index in [0.29, 0.717) is 0 Å². The Morgan fingerprint density at radius 3 is 2.80 bits per heavy atom. The first-order valence-electron chi connectivity index (χ1n) is 2.44. The molecule has 2 N–H and O–H groups in total. The maximum atomic E-state index is 10.4. The van der Waals surface area contributed by atoms with Gasteiger partial charge in [0.1, 0.15) is 12.0 Å². The number of aromatic nitrogens is 4. The number of hydrogen-bond acceptors (Lipinski definition) is 4. The van der Waals surface area contributed by atoms with Gasteiger partial charge in [-0.05, 0) is 10.4 Å². The zero-order chi connectivity index (χ0) is 7.56. The maximum absolute atomic E-state index is 10.4. The molecule has 1 aromatic rings. The zero-order valence-electron chi connectivity index (χ0n) is 5.06. The minimum Gasteiger partial charge on any atom is -0.364 e. The first kappa shape index (κ1) is 6.40. The number of nitrogens with zero attached hydrogens (tertiary/aromatic N) is 4. The number of carbonyl (C=O) groups is 1. The van der Waals surface area contributed by atoms with Crippen LogP contribution in [0.5, 0.6) is 0 Å². The molecule has 52 valence electrons. The van der Waals surface area contributed by atoms with Crippen LogP contribution in [0.1, 0.15) is 0 Å². The van der Waals surface area contributed by atoms with Gasteiger partial charge in [-0.2, -0.15) is 4.68 Å². The van der Waals surface area contributed by atoms with Gasteiger partial charge >= 0.3 is 0 Å². The molecule has 6 nitrogen and oxygen atoms in total. The van der Waals surface area contributed by atoms with Gasteiger partial charge in [-0.1, -0.05) is 6.58 Å². The Morgan fingerprint density at radius 2 is 2.40 bits per heavy atom. The molecule has 0 radical (unpaired) electrons. The van der Waals surface area contributed by atoms with Crippen molar-refractivity contribution in [3.8, 4) is 0 Å². The minimum atomic E-state index is -0.646. The predicted molar refractivity (Wildman–Crippen MR) is 32.3 cm³/mol. The number of carbonyl (C=O) groups excluding carboxylic acids is 1. The van der Waals surface area contributed by atoms with E-state index < -0.39 is 5.91 Å². The van der Waals surface area contributed by atoms with Crippen LogP contribution in [0.15, 0.2) is 12.9 Å². The highest BCUT2D eigenvalue weighted by Gasteiger charge is 2.03. The van der Waals surface area contributed by atoms with Crippen LogP contribution in [0, 0.1) is 0 Å². The van der Waals surface area contributed by atoms with Gasteiger partial charge in [-0.3, -0.25) is 4.79 Å². The van der Waals surface area contributed by atoms with Gasteiger partial charge in [0.15, 0.2) is 0 Å². The fourth-order valence-corrected chi connectivity index (χ4v) is 0.398. The molecule has 1 heterocycles. The second kappa shape index (κ2) is 2.26. The average molecular weight is 139 g/mol. The summed E-state index contributed by atoms with van der Waals surface area (Å²) in [7, 11) is 0. The van der Waals surface area contributed by atoms with Crippen molar-refractivity contribution in [1.82, 2.24) is 20.2 Å². The average Bonchev–Trinajstić information content (AvgIpc) is 2.36. The van der Waals surface area contributed by atoms with E-state index in [2.05, 4.69) is 22.1 Å². The van der Waals surface area contributed by atoms with E-state index >= 15 is 0 Å². The third-order valence-electron chi connectivity index (χ3n) is 0.910. The number of nitrogens with two attached hydrogens (primary N) is 1. The van der Waals surface area contributed by atoms with E-state index in [1.165, 1.54) is 6.33 Å². The highest BCUT2D eigenvalue weighted by Crippen LogP contribution is 1.92. The Hall–Kier alpha value is -1.72. The highest BCUT2D eigenvalue weighted by molar-refractivity contribution is 6.11. The van der Waals surface area contributed by atoms with Crippen LogP contribution in [0.25, 0.3) is 5.70 Å². The van der Waals surface area contributed by atoms with E-state index in [-0.39, 0.29) is 5.70 Å². The third-order valence-corrected chi connectivity index (χ3v) is 0.910. The Bertz CT molecular complexity index is 251. The predicted octanol–water partition coefficient (Wildman–Crippen LogP) is -1.37. The molecule has 10 heavy (non-hydrogen) atoms. The Kier molecular flexibility index (Phi) is 1.44. The molecule has 0 spiro atoms. The molecule has 0 aliphatic rings. The lowest BCUT2D eigenvalue weighted by Crippen LogP contribution is -2.16. The van der Waals surface area contributed by atoms with E-state index in [1.807, 2.05) is 0 Å². The van der Waals surface area contributed by atoms with Crippen LogP contribution in [-0.4, -0.2) is 26.1 Å². The monoisotopic (exact) mass is 139 g/mol. The molecule has 1 amide bonds. The van der Waals surface area contributed by atoms with E-state index in [0.717, 1.165) is 4.68 Å². The van der Waals surface area contributed by atoms with Gasteiger partial charge in [0, 0.05) is 0 Å². The van der Waals surface area contributed by atoms with Crippen LogP contribution in [-0.2, 0) is 4.79 Å². The van der Waals surface area contributed by atoms with E-state index in [4.69, 9.17) is 5.73 Å². The molecular formula is C4H5N5O. The lowest BCUT2D eigenvalue weighted by Gasteiger charge is -1.94. The van der Waals surface area contributed by atoms with Crippen LogP contribution in [0.2, 0.25) is 0 Å². The fourth-order valence-electron chi connectivity index (χ4n) is 0.398. The minimum absolute atomic E-state index is 0.0463. The van der Waals surface area contributed by atoms with Crippen molar-refractivity contribution in [2.75, 3.05) is 0 Å². The first-order valence-corrected chi connectivity index (χ1v) is 2.44. The van der Waals surface area contributed by atoms with Crippen molar-refractivity contribution in [2.45, 2.75) is 0 Å². The molecule has 0 aromatic carbocycles. The van der Waals surface area contributed by atoms with E-state index in [9.17, 15) is 4.79 Å². The number of rotatable bonds is 2. The van der Waals surface area contributed by atoms with Gasteiger partial charge in [0.05, 0.1) is 0 Å². The number of tetrazole rings is 1.